The van der Waals surface area contributed by atoms with Crippen LogP contribution in [0.15, 0.2) is 24.5 Å². The van der Waals surface area contributed by atoms with Crippen LogP contribution < -0.4 is 10.1 Å². The van der Waals surface area contributed by atoms with E-state index in [0.29, 0.717) is 28.1 Å². The number of aliphatic hydroxyl groups is 1. The standard InChI is InChI=1S/C20H21F3N4O4/c1-12-6-13(26-8-17(12)31-11-20(21,22)23)9-27-10-15-14(19(27)30)2-3-24-16(15)7-18(29)25-4-5-28/h2-3,6,8,28H,4-5,7,9-11H2,1H3,(H,25,29). The summed E-state index contributed by atoms with van der Waals surface area (Å²) in [5, 5.41) is 11.3. The summed E-state index contributed by atoms with van der Waals surface area (Å²) in [6.45, 7) is 0.528. The van der Waals surface area contributed by atoms with Gasteiger partial charge < -0.3 is 20.1 Å². The van der Waals surface area contributed by atoms with Gasteiger partial charge in [-0.15, -0.1) is 0 Å². The van der Waals surface area contributed by atoms with Gasteiger partial charge >= 0.3 is 6.18 Å². The van der Waals surface area contributed by atoms with Crippen molar-refractivity contribution in [1.82, 2.24) is 20.2 Å². The number of aromatic nitrogens is 2. The molecule has 166 valence electrons. The van der Waals surface area contributed by atoms with Gasteiger partial charge in [-0.05, 0) is 24.6 Å². The monoisotopic (exact) mass is 438 g/mol. The van der Waals surface area contributed by atoms with E-state index in [1.807, 2.05) is 0 Å². The molecule has 1 aliphatic rings. The number of amides is 2. The number of carbonyl (C=O) groups is 2. The van der Waals surface area contributed by atoms with E-state index in [4.69, 9.17) is 9.84 Å². The molecule has 0 saturated heterocycles. The van der Waals surface area contributed by atoms with E-state index in [1.165, 1.54) is 17.3 Å². The molecule has 11 heteroatoms. The van der Waals surface area contributed by atoms with Gasteiger partial charge in [-0.2, -0.15) is 13.2 Å². The minimum absolute atomic E-state index is 0.0209. The lowest BCUT2D eigenvalue weighted by atomic mass is 10.1. The summed E-state index contributed by atoms with van der Waals surface area (Å²) in [7, 11) is 0. The minimum atomic E-state index is -4.44. The fraction of sp³-hybridized carbons (Fsp3) is 0.400. The second-order valence-corrected chi connectivity index (χ2v) is 7.04. The highest BCUT2D eigenvalue weighted by Crippen LogP contribution is 2.27. The lowest BCUT2D eigenvalue weighted by Crippen LogP contribution is -2.28. The number of hydrogen-bond acceptors (Lipinski definition) is 6. The quantitative estimate of drug-likeness (QED) is 0.648. The first kappa shape index (κ1) is 22.5. The molecule has 2 aromatic heterocycles. The number of pyridine rings is 2. The molecule has 0 aliphatic carbocycles. The van der Waals surface area contributed by atoms with Crippen molar-refractivity contribution in [3.05, 3.63) is 52.6 Å². The van der Waals surface area contributed by atoms with Crippen LogP contribution in [0.3, 0.4) is 0 Å². The second kappa shape index (κ2) is 9.29. The number of aliphatic hydroxyl groups excluding tert-OH is 1. The Morgan fingerprint density at radius 3 is 2.81 bits per heavy atom. The fourth-order valence-electron chi connectivity index (χ4n) is 3.23. The van der Waals surface area contributed by atoms with E-state index < -0.39 is 12.8 Å². The third-order valence-corrected chi connectivity index (χ3v) is 4.64. The molecule has 3 rings (SSSR count). The Morgan fingerprint density at radius 1 is 1.35 bits per heavy atom. The number of ether oxygens (including phenoxy) is 1. The van der Waals surface area contributed by atoms with Crippen LogP contribution in [-0.4, -0.2) is 57.7 Å². The molecule has 2 N–H and O–H groups in total. The predicted octanol–water partition coefficient (Wildman–Crippen LogP) is 1.53. The Labute approximate surface area is 176 Å². The van der Waals surface area contributed by atoms with Crippen LogP contribution in [0.25, 0.3) is 0 Å². The first-order valence-electron chi connectivity index (χ1n) is 9.46. The molecule has 0 radical (unpaired) electrons. The van der Waals surface area contributed by atoms with Crippen molar-refractivity contribution in [1.29, 1.82) is 0 Å². The molecular formula is C20H21F3N4O4. The van der Waals surface area contributed by atoms with Gasteiger partial charge in [-0.1, -0.05) is 0 Å². The number of aryl methyl sites for hydroxylation is 1. The predicted molar refractivity (Wildman–Crippen MR) is 102 cm³/mol. The van der Waals surface area contributed by atoms with Crippen molar-refractivity contribution >= 4 is 11.8 Å². The van der Waals surface area contributed by atoms with Crippen LogP contribution in [-0.2, 0) is 24.3 Å². The van der Waals surface area contributed by atoms with Crippen LogP contribution in [0.4, 0.5) is 13.2 Å². The Hall–Kier alpha value is -3.21. The third-order valence-electron chi connectivity index (χ3n) is 4.64. The van der Waals surface area contributed by atoms with E-state index in [1.54, 1.807) is 19.1 Å². The van der Waals surface area contributed by atoms with Gasteiger partial charge in [0.2, 0.25) is 5.91 Å². The average molecular weight is 438 g/mol. The molecule has 0 unspecified atom stereocenters. The summed E-state index contributed by atoms with van der Waals surface area (Å²) in [5.41, 5.74) is 2.54. The van der Waals surface area contributed by atoms with E-state index in [9.17, 15) is 22.8 Å². The van der Waals surface area contributed by atoms with E-state index in [2.05, 4.69) is 15.3 Å². The molecule has 0 aromatic carbocycles. The number of hydrogen-bond donors (Lipinski definition) is 2. The molecule has 8 nitrogen and oxygen atoms in total. The number of nitrogens with one attached hydrogen (secondary N) is 1. The lowest BCUT2D eigenvalue weighted by Gasteiger charge is -2.17. The highest BCUT2D eigenvalue weighted by molar-refractivity contribution is 5.98. The van der Waals surface area contributed by atoms with Crippen molar-refractivity contribution in [3.8, 4) is 5.75 Å². The maximum atomic E-state index is 12.8. The maximum absolute atomic E-state index is 12.8. The normalized spacial score (nSPS) is 13.3. The van der Waals surface area contributed by atoms with Gasteiger partial charge in [-0.3, -0.25) is 19.6 Å². The smallest absolute Gasteiger partial charge is 0.422 e. The summed E-state index contributed by atoms with van der Waals surface area (Å²) >= 11 is 0. The Balaban J connectivity index is 1.69. The number of fused-ring (bicyclic) bond motifs is 1. The Bertz CT molecular complexity index is 981. The van der Waals surface area contributed by atoms with Gasteiger partial charge in [0.15, 0.2) is 6.61 Å². The highest BCUT2D eigenvalue weighted by atomic mass is 19.4. The first-order chi connectivity index (χ1) is 14.7. The summed E-state index contributed by atoms with van der Waals surface area (Å²) in [5.74, 6) is -0.531. The topological polar surface area (TPSA) is 105 Å². The van der Waals surface area contributed by atoms with Crippen molar-refractivity contribution in [2.24, 2.45) is 0 Å². The molecule has 31 heavy (non-hydrogen) atoms. The van der Waals surface area contributed by atoms with Crippen LogP contribution in [0.2, 0.25) is 0 Å². The molecule has 1 aliphatic heterocycles. The molecule has 3 heterocycles. The van der Waals surface area contributed by atoms with Gasteiger partial charge in [0.25, 0.3) is 5.91 Å². The second-order valence-electron chi connectivity index (χ2n) is 7.04. The zero-order chi connectivity index (χ0) is 22.6. The van der Waals surface area contributed by atoms with Crippen molar-refractivity contribution in [3.63, 3.8) is 0 Å². The number of carbonyl (C=O) groups excluding carboxylic acids is 2. The molecule has 0 bridgehead atoms. The largest absolute Gasteiger partial charge is 0.482 e. The van der Waals surface area contributed by atoms with E-state index in [0.717, 1.165) is 0 Å². The zero-order valence-electron chi connectivity index (χ0n) is 16.7. The summed E-state index contributed by atoms with van der Waals surface area (Å²) < 4.78 is 41.8. The Kier molecular flexibility index (Phi) is 6.74. The molecule has 2 amide bonds. The summed E-state index contributed by atoms with van der Waals surface area (Å²) in [6.07, 6.45) is -1.79. The summed E-state index contributed by atoms with van der Waals surface area (Å²) in [6, 6.07) is 3.16. The zero-order valence-corrected chi connectivity index (χ0v) is 16.7. The van der Waals surface area contributed by atoms with E-state index >= 15 is 0 Å². The number of nitrogens with zero attached hydrogens (tertiary/aromatic N) is 3. The van der Waals surface area contributed by atoms with Gasteiger partial charge in [0, 0.05) is 30.4 Å². The summed E-state index contributed by atoms with van der Waals surface area (Å²) in [4.78, 5) is 34.6. The third kappa shape index (κ3) is 5.69. The molecule has 0 spiro atoms. The van der Waals surface area contributed by atoms with Crippen molar-refractivity contribution in [2.45, 2.75) is 32.6 Å². The lowest BCUT2D eigenvalue weighted by molar-refractivity contribution is -0.153. The van der Waals surface area contributed by atoms with Crippen molar-refractivity contribution < 1.29 is 32.6 Å². The van der Waals surface area contributed by atoms with Crippen LogP contribution >= 0.6 is 0 Å². The number of rotatable bonds is 8. The van der Waals surface area contributed by atoms with Crippen LogP contribution in [0.1, 0.15) is 32.9 Å². The number of halogens is 3. The molecule has 0 saturated carbocycles. The molecule has 0 fully saturated rings. The molecular weight excluding hydrogens is 417 g/mol. The van der Waals surface area contributed by atoms with E-state index in [-0.39, 0.29) is 50.2 Å². The van der Waals surface area contributed by atoms with Gasteiger partial charge in [-0.25, -0.2) is 0 Å². The van der Waals surface area contributed by atoms with Gasteiger partial charge in [0.05, 0.1) is 37.2 Å². The van der Waals surface area contributed by atoms with Crippen molar-refractivity contribution in [2.75, 3.05) is 19.8 Å². The SMILES string of the molecule is Cc1cc(CN2Cc3c(ccnc3CC(=O)NCCO)C2=O)ncc1OCC(F)(F)F. The fourth-order valence-corrected chi connectivity index (χ4v) is 3.23. The molecule has 2 aromatic rings. The first-order valence-corrected chi connectivity index (χ1v) is 9.46. The highest BCUT2D eigenvalue weighted by Gasteiger charge is 2.31. The van der Waals surface area contributed by atoms with Crippen LogP contribution in [0, 0.1) is 6.92 Å². The molecule has 0 atom stereocenters. The Morgan fingerprint density at radius 2 is 2.13 bits per heavy atom. The maximum Gasteiger partial charge on any atom is 0.422 e. The van der Waals surface area contributed by atoms with Crippen LogP contribution in [0.5, 0.6) is 5.75 Å². The minimum Gasteiger partial charge on any atom is -0.482 e. The number of alkyl halides is 3. The van der Waals surface area contributed by atoms with Gasteiger partial charge in [0.1, 0.15) is 5.75 Å². The average Bonchev–Trinajstić information content (AvgIpc) is 3.02.